The quantitative estimate of drug-likeness (QED) is 0.889. The standard InChI is InChI=1S/C13H16N4O/c1-13(7-18-8-13)6-15-11-2-4-12(5-3-11)17-10-14-9-16-17/h2-5,9-10,15H,6-8H2,1H3. The summed E-state index contributed by atoms with van der Waals surface area (Å²) in [6, 6.07) is 8.16. The van der Waals surface area contributed by atoms with Gasteiger partial charge >= 0.3 is 0 Å². The summed E-state index contributed by atoms with van der Waals surface area (Å²) < 4.78 is 6.98. The lowest BCUT2D eigenvalue weighted by molar-refractivity contribution is -0.0924. The summed E-state index contributed by atoms with van der Waals surface area (Å²) in [7, 11) is 0. The molecule has 5 nitrogen and oxygen atoms in total. The Kier molecular flexibility index (Phi) is 2.76. The van der Waals surface area contributed by atoms with Gasteiger partial charge in [-0.1, -0.05) is 6.92 Å². The molecule has 1 aromatic carbocycles. The molecule has 1 aliphatic heterocycles. The molecule has 5 heteroatoms. The van der Waals surface area contributed by atoms with Crippen LogP contribution in [0, 0.1) is 5.41 Å². The Bertz CT molecular complexity index is 502. The number of nitrogens with one attached hydrogen (secondary N) is 1. The van der Waals surface area contributed by atoms with Crippen LogP contribution in [0.15, 0.2) is 36.9 Å². The molecule has 0 spiro atoms. The minimum atomic E-state index is 0.282. The fraction of sp³-hybridized carbons (Fsp3) is 0.385. The molecule has 0 amide bonds. The first-order valence-corrected chi connectivity index (χ1v) is 6.02. The van der Waals surface area contributed by atoms with E-state index in [-0.39, 0.29) is 5.41 Å². The van der Waals surface area contributed by atoms with Crippen molar-refractivity contribution in [2.24, 2.45) is 5.41 Å². The van der Waals surface area contributed by atoms with E-state index in [4.69, 9.17) is 4.74 Å². The SMILES string of the molecule is CC1(CNc2ccc(-n3cncn3)cc2)COC1. The summed E-state index contributed by atoms with van der Waals surface area (Å²) >= 11 is 0. The van der Waals surface area contributed by atoms with Crippen LogP contribution in [0.3, 0.4) is 0 Å². The molecule has 1 fully saturated rings. The van der Waals surface area contributed by atoms with Crippen LogP contribution in [0.1, 0.15) is 6.92 Å². The van der Waals surface area contributed by atoms with Gasteiger partial charge in [0, 0.05) is 17.6 Å². The Morgan fingerprint density at radius 3 is 2.67 bits per heavy atom. The molecule has 0 saturated carbocycles. The molecule has 0 bridgehead atoms. The smallest absolute Gasteiger partial charge is 0.138 e. The summed E-state index contributed by atoms with van der Waals surface area (Å²) in [6.07, 6.45) is 3.22. The summed E-state index contributed by atoms with van der Waals surface area (Å²) in [4.78, 5) is 3.93. The van der Waals surface area contributed by atoms with Gasteiger partial charge < -0.3 is 10.1 Å². The van der Waals surface area contributed by atoms with E-state index in [0.29, 0.717) is 0 Å². The summed E-state index contributed by atoms with van der Waals surface area (Å²) in [5.74, 6) is 0. The topological polar surface area (TPSA) is 52.0 Å². The third-order valence-electron chi connectivity index (χ3n) is 3.17. The fourth-order valence-electron chi connectivity index (χ4n) is 1.94. The van der Waals surface area contributed by atoms with Gasteiger partial charge in [0.15, 0.2) is 0 Å². The van der Waals surface area contributed by atoms with E-state index in [1.54, 1.807) is 11.0 Å². The largest absolute Gasteiger partial charge is 0.384 e. The van der Waals surface area contributed by atoms with Gasteiger partial charge in [0.05, 0.1) is 18.9 Å². The van der Waals surface area contributed by atoms with Gasteiger partial charge in [-0.15, -0.1) is 0 Å². The lowest BCUT2D eigenvalue weighted by Gasteiger charge is -2.38. The van der Waals surface area contributed by atoms with Crippen LogP contribution in [-0.2, 0) is 4.74 Å². The Morgan fingerprint density at radius 1 is 1.33 bits per heavy atom. The fourth-order valence-corrected chi connectivity index (χ4v) is 1.94. The summed E-state index contributed by atoms with van der Waals surface area (Å²) in [6.45, 7) is 4.86. The summed E-state index contributed by atoms with van der Waals surface area (Å²) in [5, 5.41) is 7.53. The van der Waals surface area contributed by atoms with Gasteiger partial charge in [0.1, 0.15) is 12.7 Å². The molecule has 94 valence electrons. The van der Waals surface area contributed by atoms with Crippen LogP contribution in [0.2, 0.25) is 0 Å². The van der Waals surface area contributed by atoms with E-state index in [0.717, 1.165) is 31.1 Å². The second-order valence-corrected chi connectivity index (χ2v) is 5.04. The van der Waals surface area contributed by atoms with Gasteiger partial charge in [0.2, 0.25) is 0 Å². The van der Waals surface area contributed by atoms with E-state index in [1.807, 2.05) is 12.1 Å². The van der Waals surface area contributed by atoms with Crippen molar-refractivity contribution >= 4 is 5.69 Å². The zero-order valence-corrected chi connectivity index (χ0v) is 10.3. The molecule has 0 radical (unpaired) electrons. The van der Waals surface area contributed by atoms with E-state index in [1.165, 1.54) is 6.33 Å². The van der Waals surface area contributed by atoms with E-state index in [9.17, 15) is 0 Å². The van der Waals surface area contributed by atoms with Crippen LogP contribution < -0.4 is 5.32 Å². The number of hydrogen-bond donors (Lipinski definition) is 1. The highest BCUT2D eigenvalue weighted by Crippen LogP contribution is 2.26. The molecule has 1 aromatic heterocycles. The number of benzene rings is 1. The molecule has 0 aliphatic carbocycles. The number of anilines is 1. The Labute approximate surface area is 106 Å². The van der Waals surface area contributed by atoms with Crippen LogP contribution >= 0.6 is 0 Å². The van der Waals surface area contributed by atoms with Crippen molar-refractivity contribution in [1.82, 2.24) is 14.8 Å². The van der Waals surface area contributed by atoms with Crippen molar-refractivity contribution in [3.05, 3.63) is 36.9 Å². The van der Waals surface area contributed by atoms with E-state index < -0.39 is 0 Å². The maximum absolute atomic E-state index is 5.24. The van der Waals surface area contributed by atoms with Crippen LogP contribution in [0.4, 0.5) is 5.69 Å². The molecular formula is C13H16N4O. The number of aromatic nitrogens is 3. The molecule has 3 rings (SSSR count). The highest BCUT2D eigenvalue weighted by Gasteiger charge is 2.32. The molecule has 1 saturated heterocycles. The average Bonchev–Trinajstić information content (AvgIpc) is 2.88. The lowest BCUT2D eigenvalue weighted by atomic mass is 9.89. The van der Waals surface area contributed by atoms with E-state index >= 15 is 0 Å². The van der Waals surface area contributed by atoms with Gasteiger partial charge in [0.25, 0.3) is 0 Å². The van der Waals surface area contributed by atoms with Gasteiger partial charge in [-0.25, -0.2) is 9.67 Å². The molecule has 2 heterocycles. The van der Waals surface area contributed by atoms with Gasteiger partial charge in [-0.3, -0.25) is 0 Å². The lowest BCUT2D eigenvalue weighted by Crippen LogP contribution is -2.45. The molecule has 0 unspecified atom stereocenters. The first-order chi connectivity index (χ1) is 8.75. The zero-order chi connectivity index (χ0) is 12.4. The number of hydrogen-bond acceptors (Lipinski definition) is 4. The first-order valence-electron chi connectivity index (χ1n) is 6.02. The second kappa shape index (κ2) is 4.42. The first kappa shape index (κ1) is 11.2. The maximum Gasteiger partial charge on any atom is 0.138 e. The van der Waals surface area contributed by atoms with Crippen molar-refractivity contribution in [2.45, 2.75) is 6.92 Å². The molecule has 1 N–H and O–H groups in total. The van der Waals surface area contributed by atoms with Crippen molar-refractivity contribution in [2.75, 3.05) is 25.1 Å². The van der Waals surface area contributed by atoms with Gasteiger partial charge in [-0.2, -0.15) is 5.10 Å². The normalized spacial score (nSPS) is 17.2. The van der Waals surface area contributed by atoms with Crippen molar-refractivity contribution in [3.63, 3.8) is 0 Å². The van der Waals surface area contributed by atoms with Crippen molar-refractivity contribution < 1.29 is 4.74 Å². The minimum absolute atomic E-state index is 0.282. The average molecular weight is 244 g/mol. The van der Waals surface area contributed by atoms with Crippen LogP contribution in [-0.4, -0.2) is 34.5 Å². The van der Waals surface area contributed by atoms with Crippen molar-refractivity contribution in [1.29, 1.82) is 0 Å². The Morgan fingerprint density at radius 2 is 2.11 bits per heavy atom. The third-order valence-corrected chi connectivity index (χ3v) is 3.17. The maximum atomic E-state index is 5.24. The predicted octanol–water partition coefficient (Wildman–Crippen LogP) is 1.72. The summed E-state index contributed by atoms with van der Waals surface area (Å²) in [5.41, 5.74) is 2.41. The highest BCUT2D eigenvalue weighted by atomic mass is 16.5. The monoisotopic (exact) mass is 244 g/mol. The molecular weight excluding hydrogens is 228 g/mol. The molecule has 0 atom stereocenters. The van der Waals surface area contributed by atoms with Crippen molar-refractivity contribution in [3.8, 4) is 5.69 Å². The van der Waals surface area contributed by atoms with Crippen LogP contribution in [0.25, 0.3) is 5.69 Å². The zero-order valence-electron chi connectivity index (χ0n) is 10.3. The second-order valence-electron chi connectivity index (χ2n) is 5.04. The number of nitrogens with zero attached hydrogens (tertiary/aromatic N) is 3. The molecule has 18 heavy (non-hydrogen) atoms. The predicted molar refractivity (Wildman–Crippen MR) is 68.8 cm³/mol. The Hall–Kier alpha value is -1.88. The Balaban J connectivity index is 1.64. The number of ether oxygens (including phenoxy) is 1. The highest BCUT2D eigenvalue weighted by molar-refractivity contribution is 5.48. The van der Waals surface area contributed by atoms with Crippen LogP contribution in [0.5, 0.6) is 0 Å². The number of rotatable bonds is 4. The minimum Gasteiger partial charge on any atom is -0.384 e. The third kappa shape index (κ3) is 2.22. The van der Waals surface area contributed by atoms with Gasteiger partial charge in [-0.05, 0) is 24.3 Å². The van der Waals surface area contributed by atoms with E-state index in [2.05, 4.69) is 34.5 Å². The molecule has 2 aromatic rings. The molecule has 1 aliphatic rings.